The van der Waals surface area contributed by atoms with Gasteiger partial charge in [0.1, 0.15) is 0 Å². The highest BCUT2D eigenvalue weighted by molar-refractivity contribution is 5.04. The summed E-state index contributed by atoms with van der Waals surface area (Å²) in [4.78, 5) is 0. The lowest BCUT2D eigenvalue weighted by molar-refractivity contribution is 0.169. The fourth-order valence-electron chi connectivity index (χ4n) is 1.53. The Hall–Kier alpha value is -0.820. The van der Waals surface area contributed by atoms with Crippen LogP contribution in [0.15, 0.2) is 35.5 Å². The van der Waals surface area contributed by atoms with Crippen molar-refractivity contribution in [3.05, 3.63) is 35.5 Å². The van der Waals surface area contributed by atoms with Crippen LogP contribution < -0.4 is 0 Å². The zero-order valence-electron chi connectivity index (χ0n) is 12.0. The van der Waals surface area contributed by atoms with Gasteiger partial charge in [0, 0.05) is 6.61 Å². The largest absolute Gasteiger partial charge is 0.377 e. The van der Waals surface area contributed by atoms with Crippen molar-refractivity contribution >= 4 is 0 Å². The number of rotatable bonds is 9. The summed E-state index contributed by atoms with van der Waals surface area (Å²) < 4.78 is 5.32. The Morgan fingerprint density at radius 3 is 2.29 bits per heavy atom. The second-order valence-corrected chi connectivity index (χ2v) is 4.80. The Labute approximate surface area is 107 Å². The van der Waals surface area contributed by atoms with Gasteiger partial charge >= 0.3 is 0 Å². The molecule has 0 aromatic heterocycles. The highest BCUT2D eigenvalue weighted by Gasteiger charge is 1.94. The van der Waals surface area contributed by atoms with Crippen LogP contribution in [0.25, 0.3) is 0 Å². The van der Waals surface area contributed by atoms with E-state index >= 15 is 0 Å². The van der Waals surface area contributed by atoms with E-state index in [2.05, 4.69) is 39.5 Å². The summed E-state index contributed by atoms with van der Waals surface area (Å²) >= 11 is 0. The number of hydrogen-bond acceptors (Lipinski definition) is 1. The fourth-order valence-corrected chi connectivity index (χ4v) is 1.53. The maximum atomic E-state index is 5.32. The Morgan fingerprint density at radius 2 is 1.71 bits per heavy atom. The predicted octanol–water partition coefficient (Wildman–Crippen LogP) is 5.05. The Kier molecular flexibility index (Phi) is 9.84. The summed E-state index contributed by atoms with van der Waals surface area (Å²) in [6.45, 7) is 14.0. The second kappa shape index (κ2) is 10.3. The van der Waals surface area contributed by atoms with Crippen LogP contribution in [0.2, 0.25) is 0 Å². The molecular formula is C16H28O. The van der Waals surface area contributed by atoms with Crippen molar-refractivity contribution in [3.8, 4) is 0 Å². The van der Waals surface area contributed by atoms with Crippen molar-refractivity contribution in [3.63, 3.8) is 0 Å². The van der Waals surface area contributed by atoms with Crippen LogP contribution in [0.5, 0.6) is 0 Å². The lowest BCUT2D eigenvalue weighted by Crippen LogP contribution is -1.96. The third-order valence-electron chi connectivity index (χ3n) is 2.59. The third kappa shape index (κ3) is 11.4. The third-order valence-corrected chi connectivity index (χ3v) is 2.59. The molecule has 17 heavy (non-hydrogen) atoms. The first kappa shape index (κ1) is 16.2. The first-order chi connectivity index (χ1) is 8.06. The lowest BCUT2D eigenvalue weighted by Gasteiger charge is -2.04. The summed E-state index contributed by atoms with van der Waals surface area (Å²) in [5.74, 6) is 0. The molecule has 0 saturated heterocycles. The van der Waals surface area contributed by atoms with E-state index in [1.807, 2.05) is 6.92 Å². The minimum atomic E-state index is 0.709. The molecule has 0 spiro atoms. The van der Waals surface area contributed by atoms with Crippen molar-refractivity contribution in [2.45, 2.75) is 53.4 Å². The van der Waals surface area contributed by atoms with Gasteiger partial charge in [0.15, 0.2) is 0 Å². The first-order valence-electron chi connectivity index (χ1n) is 6.59. The van der Waals surface area contributed by atoms with Crippen LogP contribution in [-0.2, 0) is 4.74 Å². The van der Waals surface area contributed by atoms with Crippen molar-refractivity contribution < 1.29 is 4.74 Å². The van der Waals surface area contributed by atoms with Gasteiger partial charge in [-0.3, -0.25) is 0 Å². The summed E-state index contributed by atoms with van der Waals surface area (Å²) in [5.41, 5.74) is 4.08. The molecule has 1 nitrogen and oxygen atoms in total. The molecule has 0 atom stereocenters. The van der Waals surface area contributed by atoms with Gasteiger partial charge in [0.25, 0.3) is 0 Å². The zero-order chi connectivity index (χ0) is 13.1. The predicted molar refractivity (Wildman–Crippen MR) is 77.3 cm³/mol. The summed E-state index contributed by atoms with van der Waals surface area (Å²) in [6, 6.07) is 0. The molecule has 0 N–H and O–H groups in total. The van der Waals surface area contributed by atoms with Crippen LogP contribution >= 0.6 is 0 Å². The smallest absolute Gasteiger partial charge is 0.0674 e. The molecule has 0 aromatic rings. The van der Waals surface area contributed by atoms with Crippen LogP contribution in [0.3, 0.4) is 0 Å². The molecule has 0 amide bonds. The topological polar surface area (TPSA) is 9.23 Å². The Balaban J connectivity index is 3.69. The highest BCUT2D eigenvalue weighted by Crippen LogP contribution is 2.10. The maximum absolute atomic E-state index is 5.32. The quantitative estimate of drug-likeness (QED) is 0.509. The summed E-state index contributed by atoms with van der Waals surface area (Å²) in [7, 11) is 0. The molecule has 0 bridgehead atoms. The van der Waals surface area contributed by atoms with Gasteiger partial charge in [-0.2, -0.15) is 0 Å². The average Bonchev–Trinajstić information content (AvgIpc) is 2.25. The van der Waals surface area contributed by atoms with Gasteiger partial charge < -0.3 is 4.74 Å². The molecule has 0 rings (SSSR count). The minimum absolute atomic E-state index is 0.709. The van der Waals surface area contributed by atoms with E-state index in [9.17, 15) is 0 Å². The molecule has 0 fully saturated rings. The number of hydrogen-bond donors (Lipinski definition) is 0. The maximum Gasteiger partial charge on any atom is 0.0674 e. The van der Waals surface area contributed by atoms with Gasteiger partial charge in [0.2, 0.25) is 0 Å². The van der Waals surface area contributed by atoms with E-state index < -0.39 is 0 Å². The average molecular weight is 236 g/mol. The van der Waals surface area contributed by atoms with Crippen molar-refractivity contribution in [1.82, 2.24) is 0 Å². The minimum Gasteiger partial charge on any atom is -0.377 e. The molecule has 0 radical (unpaired) electrons. The van der Waals surface area contributed by atoms with E-state index in [0.717, 1.165) is 25.9 Å². The molecule has 98 valence electrons. The van der Waals surface area contributed by atoms with Gasteiger partial charge in [-0.05, 0) is 53.4 Å². The van der Waals surface area contributed by atoms with E-state index in [0.29, 0.717) is 6.61 Å². The second-order valence-electron chi connectivity index (χ2n) is 4.80. The monoisotopic (exact) mass is 236 g/mol. The molecule has 0 aliphatic rings. The van der Waals surface area contributed by atoms with E-state index in [1.165, 1.54) is 23.1 Å². The summed E-state index contributed by atoms with van der Waals surface area (Å²) in [6.07, 6.45) is 9.08. The SMILES string of the molecule is C=C(CCC=C(C)CCC=C(C)C)COCC. The molecule has 0 unspecified atom stereocenters. The van der Waals surface area contributed by atoms with Gasteiger partial charge in [-0.15, -0.1) is 0 Å². The fraction of sp³-hybridized carbons (Fsp3) is 0.625. The first-order valence-corrected chi connectivity index (χ1v) is 6.59. The molecule has 0 aromatic carbocycles. The molecular weight excluding hydrogens is 208 g/mol. The molecule has 0 aliphatic heterocycles. The van der Waals surface area contributed by atoms with Crippen molar-refractivity contribution in [1.29, 1.82) is 0 Å². The van der Waals surface area contributed by atoms with Gasteiger partial charge in [-0.25, -0.2) is 0 Å². The lowest BCUT2D eigenvalue weighted by atomic mass is 10.1. The Morgan fingerprint density at radius 1 is 1.06 bits per heavy atom. The van der Waals surface area contributed by atoms with Gasteiger partial charge in [-0.1, -0.05) is 35.5 Å². The van der Waals surface area contributed by atoms with Crippen LogP contribution in [0.1, 0.15) is 53.4 Å². The van der Waals surface area contributed by atoms with Crippen LogP contribution in [-0.4, -0.2) is 13.2 Å². The normalized spacial score (nSPS) is 11.4. The Bertz CT molecular complexity index is 267. The zero-order valence-corrected chi connectivity index (χ0v) is 12.0. The number of ether oxygens (including phenoxy) is 1. The van der Waals surface area contributed by atoms with E-state index in [1.54, 1.807) is 0 Å². The van der Waals surface area contributed by atoms with E-state index in [4.69, 9.17) is 4.74 Å². The van der Waals surface area contributed by atoms with Crippen LogP contribution in [0.4, 0.5) is 0 Å². The standard InChI is InChI=1S/C16H28O/c1-6-17-13-16(5)12-8-11-15(4)10-7-9-14(2)3/h9,11H,5-8,10,12-13H2,1-4H3. The molecule has 1 heteroatoms. The molecule has 0 aliphatic carbocycles. The van der Waals surface area contributed by atoms with E-state index in [-0.39, 0.29) is 0 Å². The summed E-state index contributed by atoms with van der Waals surface area (Å²) in [5, 5.41) is 0. The van der Waals surface area contributed by atoms with Crippen LogP contribution in [0, 0.1) is 0 Å². The van der Waals surface area contributed by atoms with Gasteiger partial charge in [0.05, 0.1) is 6.61 Å². The molecule has 0 saturated carbocycles. The highest BCUT2D eigenvalue weighted by atomic mass is 16.5. The molecule has 0 heterocycles. The number of allylic oxidation sites excluding steroid dienone is 4. The van der Waals surface area contributed by atoms with Crippen molar-refractivity contribution in [2.75, 3.05) is 13.2 Å². The van der Waals surface area contributed by atoms with Crippen molar-refractivity contribution in [2.24, 2.45) is 0 Å².